The highest BCUT2D eigenvalue weighted by Gasteiger charge is 2.13. The molecule has 0 aliphatic carbocycles. The second-order valence-corrected chi connectivity index (χ2v) is 4.07. The highest BCUT2D eigenvalue weighted by molar-refractivity contribution is 5.92. The summed E-state index contributed by atoms with van der Waals surface area (Å²) in [6.07, 6.45) is 1.74. The predicted molar refractivity (Wildman–Crippen MR) is 68.3 cm³/mol. The molecule has 0 heterocycles. The SMILES string of the molecule is CCC(CC)C(=O)Nc1ccc(N)c(C)c1. The maximum atomic E-state index is 11.8. The molecule has 1 aromatic carbocycles. The van der Waals surface area contributed by atoms with Gasteiger partial charge in [0.05, 0.1) is 0 Å². The Labute approximate surface area is 97.0 Å². The molecule has 0 radical (unpaired) electrons. The van der Waals surface area contributed by atoms with Crippen LogP contribution in [0.15, 0.2) is 18.2 Å². The van der Waals surface area contributed by atoms with E-state index in [0.717, 1.165) is 29.8 Å². The standard InChI is InChI=1S/C13H20N2O/c1-4-10(5-2)13(16)15-11-6-7-12(14)9(3)8-11/h6-8,10H,4-5,14H2,1-3H3,(H,15,16). The summed E-state index contributed by atoms with van der Waals surface area (Å²) >= 11 is 0. The van der Waals surface area contributed by atoms with Gasteiger partial charge in [0.25, 0.3) is 0 Å². The molecule has 3 heteroatoms. The first-order valence-electron chi connectivity index (χ1n) is 5.75. The average Bonchev–Trinajstić information content (AvgIpc) is 2.25. The summed E-state index contributed by atoms with van der Waals surface area (Å²) in [5.74, 6) is 0.187. The molecule has 3 N–H and O–H groups in total. The summed E-state index contributed by atoms with van der Waals surface area (Å²) in [4.78, 5) is 11.8. The molecule has 1 rings (SSSR count). The van der Waals surface area contributed by atoms with E-state index in [4.69, 9.17) is 5.73 Å². The molecule has 0 atom stereocenters. The van der Waals surface area contributed by atoms with Gasteiger partial charge < -0.3 is 11.1 Å². The molecule has 0 fully saturated rings. The zero-order valence-electron chi connectivity index (χ0n) is 10.2. The summed E-state index contributed by atoms with van der Waals surface area (Å²) in [5.41, 5.74) is 8.28. The van der Waals surface area contributed by atoms with Crippen molar-refractivity contribution in [2.75, 3.05) is 11.1 Å². The molecule has 0 aliphatic heterocycles. The van der Waals surface area contributed by atoms with E-state index in [-0.39, 0.29) is 11.8 Å². The molecule has 0 spiro atoms. The van der Waals surface area contributed by atoms with E-state index in [9.17, 15) is 4.79 Å². The monoisotopic (exact) mass is 220 g/mol. The number of nitrogens with one attached hydrogen (secondary N) is 1. The Balaban J connectivity index is 2.73. The molecule has 3 nitrogen and oxygen atoms in total. The van der Waals surface area contributed by atoms with Crippen LogP contribution >= 0.6 is 0 Å². The maximum Gasteiger partial charge on any atom is 0.227 e. The predicted octanol–water partition coefficient (Wildman–Crippen LogP) is 2.95. The number of aryl methyl sites for hydroxylation is 1. The van der Waals surface area contributed by atoms with Gasteiger partial charge in [-0.1, -0.05) is 13.8 Å². The van der Waals surface area contributed by atoms with E-state index < -0.39 is 0 Å². The maximum absolute atomic E-state index is 11.8. The van der Waals surface area contributed by atoms with Crippen molar-refractivity contribution >= 4 is 17.3 Å². The fourth-order valence-corrected chi connectivity index (χ4v) is 1.66. The molecular weight excluding hydrogens is 200 g/mol. The number of carbonyl (C=O) groups is 1. The van der Waals surface area contributed by atoms with Crippen LogP contribution in [0, 0.1) is 12.8 Å². The Hall–Kier alpha value is -1.51. The minimum atomic E-state index is 0.0918. The van der Waals surface area contributed by atoms with Gasteiger partial charge in [-0.2, -0.15) is 0 Å². The summed E-state index contributed by atoms with van der Waals surface area (Å²) in [7, 11) is 0. The summed E-state index contributed by atoms with van der Waals surface area (Å²) < 4.78 is 0. The molecule has 1 amide bonds. The third-order valence-corrected chi connectivity index (χ3v) is 2.89. The summed E-state index contributed by atoms with van der Waals surface area (Å²) in [6.45, 7) is 5.99. The number of hydrogen-bond donors (Lipinski definition) is 2. The summed E-state index contributed by atoms with van der Waals surface area (Å²) in [6, 6.07) is 5.55. The quantitative estimate of drug-likeness (QED) is 0.766. The highest BCUT2D eigenvalue weighted by Crippen LogP contribution is 2.18. The first-order valence-corrected chi connectivity index (χ1v) is 5.75. The van der Waals surface area contributed by atoms with Crippen molar-refractivity contribution in [1.82, 2.24) is 0 Å². The Bertz CT molecular complexity index is 370. The molecule has 1 aromatic rings. The van der Waals surface area contributed by atoms with Crippen LogP contribution in [0.3, 0.4) is 0 Å². The van der Waals surface area contributed by atoms with Crippen molar-refractivity contribution in [2.45, 2.75) is 33.6 Å². The van der Waals surface area contributed by atoms with Crippen LogP contribution in [0.4, 0.5) is 11.4 Å². The first-order chi connectivity index (χ1) is 7.58. The number of rotatable bonds is 4. The van der Waals surface area contributed by atoms with E-state index in [1.54, 1.807) is 0 Å². The Kier molecular flexibility index (Phi) is 4.35. The van der Waals surface area contributed by atoms with Crippen LogP contribution in [0.5, 0.6) is 0 Å². The minimum Gasteiger partial charge on any atom is -0.399 e. The second-order valence-electron chi connectivity index (χ2n) is 4.07. The van der Waals surface area contributed by atoms with E-state index >= 15 is 0 Å². The summed E-state index contributed by atoms with van der Waals surface area (Å²) in [5, 5.41) is 2.92. The zero-order chi connectivity index (χ0) is 12.1. The van der Waals surface area contributed by atoms with Crippen LogP contribution in [0.2, 0.25) is 0 Å². The molecule has 0 unspecified atom stereocenters. The lowest BCUT2D eigenvalue weighted by molar-refractivity contribution is -0.120. The lowest BCUT2D eigenvalue weighted by atomic mass is 10.0. The number of carbonyl (C=O) groups excluding carboxylic acids is 1. The number of benzene rings is 1. The number of hydrogen-bond acceptors (Lipinski definition) is 2. The van der Waals surface area contributed by atoms with Crippen molar-refractivity contribution in [1.29, 1.82) is 0 Å². The van der Waals surface area contributed by atoms with Gasteiger partial charge >= 0.3 is 0 Å². The minimum absolute atomic E-state index is 0.0918. The average molecular weight is 220 g/mol. The smallest absolute Gasteiger partial charge is 0.227 e. The molecule has 88 valence electrons. The number of nitrogen functional groups attached to an aromatic ring is 1. The highest BCUT2D eigenvalue weighted by atomic mass is 16.1. The third kappa shape index (κ3) is 2.99. The van der Waals surface area contributed by atoms with Crippen LogP contribution in [0.25, 0.3) is 0 Å². The van der Waals surface area contributed by atoms with E-state index in [0.29, 0.717) is 0 Å². The van der Waals surface area contributed by atoms with Crippen molar-refractivity contribution < 1.29 is 4.79 Å². The third-order valence-electron chi connectivity index (χ3n) is 2.89. The molecule has 0 saturated heterocycles. The fourth-order valence-electron chi connectivity index (χ4n) is 1.66. The molecule has 0 saturated carbocycles. The Morgan fingerprint density at radius 3 is 2.50 bits per heavy atom. The van der Waals surface area contributed by atoms with Crippen molar-refractivity contribution in [3.05, 3.63) is 23.8 Å². The van der Waals surface area contributed by atoms with Gasteiger partial charge in [0.15, 0.2) is 0 Å². The first kappa shape index (κ1) is 12.6. The van der Waals surface area contributed by atoms with Crippen LogP contribution in [0.1, 0.15) is 32.3 Å². The van der Waals surface area contributed by atoms with Gasteiger partial charge in [-0.15, -0.1) is 0 Å². The largest absolute Gasteiger partial charge is 0.399 e. The topological polar surface area (TPSA) is 55.1 Å². The van der Waals surface area contributed by atoms with Gasteiger partial charge in [-0.3, -0.25) is 4.79 Å². The molecule has 0 aliphatic rings. The Morgan fingerprint density at radius 2 is 2.00 bits per heavy atom. The fraction of sp³-hybridized carbons (Fsp3) is 0.462. The van der Waals surface area contributed by atoms with Crippen molar-refractivity contribution in [3.63, 3.8) is 0 Å². The van der Waals surface area contributed by atoms with Gasteiger partial charge in [0, 0.05) is 17.3 Å². The Morgan fingerprint density at radius 1 is 1.38 bits per heavy atom. The van der Waals surface area contributed by atoms with Crippen molar-refractivity contribution in [2.24, 2.45) is 5.92 Å². The van der Waals surface area contributed by atoms with Gasteiger partial charge in [0.1, 0.15) is 0 Å². The second kappa shape index (κ2) is 5.54. The van der Waals surface area contributed by atoms with Crippen LogP contribution in [-0.4, -0.2) is 5.91 Å². The van der Waals surface area contributed by atoms with Crippen molar-refractivity contribution in [3.8, 4) is 0 Å². The lowest BCUT2D eigenvalue weighted by Crippen LogP contribution is -2.21. The zero-order valence-corrected chi connectivity index (χ0v) is 10.2. The van der Waals surface area contributed by atoms with E-state index in [1.807, 2.05) is 39.0 Å². The molecular formula is C13H20N2O. The van der Waals surface area contributed by atoms with Gasteiger partial charge in [-0.25, -0.2) is 0 Å². The molecule has 0 aromatic heterocycles. The number of amides is 1. The normalized spacial score (nSPS) is 10.5. The molecule has 16 heavy (non-hydrogen) atoms. The van der Waals surface area contributed by atoms with E-state index in [1.165, 1.54) is 0 Å². The van der Waals surface area contributed by atoms with Gasteiger partial charge in [0.2, 0.25) is 5.91 Å². The molecule has 0 bridgehead atoms. The van der Waals surface area contributed by atoms with Gasteiger partial charge in [-0.05, 0) is 43.5 Å². The number of anilines is 2. The van der Waals surface area contributed by atoms with Crippen LogP contribution < -0.4 is 11.1 Å². The van der Waals surface area contributed by atoms with Crippen LogP contribution in [-0.2, 0) is 4.79 Å². The number of nitrogens with two attached hydrogens (primary N) is 1. The van der Waals surface area contributed by atoms with E-state index in [2.05, 4.69) is 5.32 Å². The lowest BCUT2D eigenvalue weighted by Gasteiger charge is -2.13.